The zero-order valence-electron chi connectivity index (χ0n) is 18.3. The molecule has 0 saturated carbocycles. The highest BCUT2D eigenvalue weighted by Gasteiger charge is 2.32. The van der Waals surface area contributed by atoms with E-state index in [-0.39, 0.29) is 48.6 Å². The van der Waals surface area contributed by atoms with Crippen molar-refractivity contribution in [2.24, 2.45) is 4.99 Å². The van der Waals surface area contributed by atoms with E-state index in [1.54, 1.807) is 19.9 Å². The minimum absolute atomic E-state index is 0.0290. The number of nitrogens with zero attached hydrogens (tertiary/aromatic N) is 3. The minimum Gasteiger partial charge on any atom is -0.506 e. The van der Waals surface area contributed by atoms with Gasteiger partial charge in [-0.2, -0.15) is 0 Å². The summed E-state index contributed by atoms with van der Waals surface area (Å²) in [7, 11) is 0. The summed E-state index contributed by atoms with van der Waals surface area (Å²) in [6, 6.07) is 7.70. The van der Waals surface area contributed by atoms with Gasteiger partial charge in [0.2, 0.25) is 0 Å². The number of rotatable bonds is 5. The number of carbonyl (C=O) groups excluding carboxylic acids is 1. The zero-order valence-corrected chi connectivity index (χ0v) is 20.6. The Hall–Kier alpha value is -3.47. The molecule has 1 aliphatic heterocycles. The molecule has 1 N–H and O–H groups in total. The first-order chi connectivity index (χ1) is 16.6. The quantitative estimate of drug-likeness (QED) is 0.302. The molecule has 0 fully saturated rings. The molecule has 0 amide bonds. The highest BCUT2D eigenvalue weighted by atomic mass is 35.5. The largest absolute Gasteiger partial charge is 0.506 e. The molecule has 0 saturated heterocycles. The molecule has 35 heavy (non-hydrogen) atoms. The van der Waals surface area contributed by atoms with Crippen molar-refractivity contribution < 1.29 is 19.6 Å². The normalized spacial score (nSPS) is 15.5. The van der Waals surface area contributed by atoms with Crippen LogP contribution in [0.1, 0.15) is 31.0 Å². The summed E-state index contributed by atoms with van der Waals surface area (Å²) in [5.74, 6) is -0.920. The van der Waals surface area contributed by atoms with Crippen LogP contribution in [-0.2, 0) is 9.53 Å². The van der Waals surface area contributed by atoms with Crippen LogP contribution in [0.5, 0.6) is 5.75 Å². The second-order valence-corrected chi connectivity index (χ2v) is 9.32. The number of benzene rings is 2. The predicted octanol–water partition coefficient (Wildman–Crippen LogP) is 3.83. The summed E-state index contributed by atoms with van der Waals surface area (Å²) in [5, 5.41) is 21.9. The van der Waals surface area contributed by atoms with E-state index in [0.717, 1.165) is 11.3 Å². The lowest BCUT2D eigenvalue weighted by molar-refractivity contribution is -0.384. The number of phenolic OH excluding ortho intramolecular Hbond substituents is 1. The van der Waals surface area contributed by atoms with Gasteiger partial charge in [-0.05, 0) is 37.6 Å². The van der Waals surface area contributed by atoms with Crippen molar-refractivity contribution in [1.82, 2.24) is 4.57 Å². The molecule has 1 aromatic heterocycles. The Bertz CT molecular complexity index is 1590. The number of fused-ring (bicyclic) bond motifs is 1. The number of thiazole rings is 1. The van der Waals surface area contributed by atoms with Gasteiger partial charge in [0.1, 0.15) is 11.8 Å². The Morgan fingerprint density at radius 2 is 2.09 bits per heavy atom. The third-order valence-electron chi connectivity index (χ3n) is 5.28. The summed E-state index contributed by atoms with van der Waals surface area (Å²) in [6.45, 7) is 3.32. The number of non-ortho nitro benzene ring substituents is 1. The maximum absolute atomic E-state index is 13.3. The third-order valence-corrected chi connectivity index (χ3v) is 6.77. The van der Waals surface area contributed by atoms with Crippen molar-refractivity contribution in [3.8, 4) is 5.75 Å². The van der Waals surface area contributed by atoms with Crippen molar-refractivity contribution in [3.05, 3.63) is 92.9 Å². The topological polar surface area (TPSA) is 124 Å². The zero-order chi connectivity index (χ0) is 25.4. The molecule has 1 aliphatic rings. The standard InChI is InChI=1S/C23H17Cl2N3O6S/c1-3-34-22(31)18-11(2)27-21(30)17(9-13-7-14(24)10-16(25)20(13)29)35-23(27)26-19(18)12-5-4-6-15(8-12)28(32)33/h4-10,19,29H,3H2,1-2H3/b17-9-/t19-/m0/s1. The molecule has 0 radical (unpaired) electrons. The highest BCUT2D eigenvalue weighted by Crippen LogP contribution is 2.34. The van der Waals surface area contributed by atoms with Gasteiger partial charge < -0.3 is 9.84 Å². The number of allylic oxidation sites excluding steroid dienone is 1. The van der Waals surface area contributed by atoms with Gasteiger partial charge in [-0.1, -0.05) is 46.7 Å². The van der Waals surface area contributed by atoms with E-state index in [2.05, 4.69) is 4.99 Å². The number of hydrogen-bond acceptors (Lipinski definition) is 8. The summed E-state index contributed by atoms with van der Waals surface area (Å²) in [6.07, 6.45) is 1.43. The van der Waals surface area contributed by atoms with Gasteiger partial charge in [-0.25, -0.2) is 9.79 Å². The van der Waals surface area contributed by atoms with Crippen LogP contribution in [-0.4, -0.2) is 27.2 Å². The molecule has 0 aliphatic carbocycles. The van der Waals surface area contributed by atoms with Crippen LogP contribution in [0.4, 0.5) is 5.69 Å². The van der Waals surface area contributed by atoms with E-state index in [1.807, 2.05) is 0 Å². The van der Waals surface area contributed by atoms with Crippen molar-refractivity contribution in [2.75, 3.05) is 6.61 Å². The molecule has 1 atom stereocenters. The summed E-state index contributed by atoms with van der Waals surface area (Å²) < 4.78 is 6.69. The fourth-order valence-corrected chi connectivity index (χ4v) is 5.24. The molecule has 12 heteroatoms. The smallest absolute Gasteiger partial charge is 0.338 e. The molecule has 2 heterocycles. The van der Waals surface area contributed by atoms with Crippen LogP contribution in [0, 0.1) is 10.1 Å². The van der Waals surface area contributed by atoms with Gasteiger partial charge >= 0.3 is 5.97 Å². The van der Waals surface area contributed by atoms with E-state index in [9.17, 15) is 24.8 Å². The number of ether oxygens (including phenoxy) is 1. The van der Waals surface area contributed by atoms with E-state index in [0.29, 0.717) is 11.3 Å². The molecule has 0 bridgehead atoms. The minimum atomic E-state index is -0.922. The van der Waals surface area contributed by atoms with Crippen molar-refractivity contribution in [1.29, 1.82) is 0 Å². The second kappa shape index (κ2) is 9.65. The van der Waals surface area contributed by atoms with Crippen LogP contribution in [0.2, 0.25) is 10.0 Å². The van der Waals surface area contributed by atoms with Crippen molar-refractivity contribution in [3.63, 3.8) is 0 Å². The van der Waals surface area contributed by atoms with Crippen LogP contribution in [0.3, 0.4) is 0 Å². The Kier molecular flexibility index (Phi) is 6.79. The molecule has 4 rings (SSSR count). The average Bonchev–Trinajstić information content (AvgIpc) is 3.12. The van der Waals surface area contributed by atoms with Crippen molar-refractivity contribution in [2.45, 2.75) is 19.9 Å². The summed E-state index contributed by atoms with van der Waals surface area (Å²) in [5.41, 5.74) is 0.398. The van der Waals surface area contributed by atoms with Gasteiger partial charge in [0, 0.05) is 28.4 Å². The number of carbonyl (C=O) groups is 1. The number of halogens is 2. The number of aromatic nitrogens is 1. The molecular weight excluding hydrogens is 517 g/mol. The van der Waals surface area contributed by atoms with E-state index >= 15 is 0 Å². The number of nitro benzene ring substituents is 1. The predicted molar refractivity (Wildman–Crippen MR) is 132 cm³/mol. The Labute approximate surface area is 212 Å². The number of nitro groups is 1. The molecule has 2 aromatic carbocycles. The Morgan fingerprint density at radius 1 is 1.34 bits per heavy atom. The Morgan fingerprint density at radius 3 is 2.77 bits per heavy atom. The highest BCUT2D eigenvalue weighted by molar-refractivity contribution is 7.07. The SMILES string of the molecule is CCOC(=O)C1=C(C)n2c(s/c(=C\c3cc(Cl)cc(Cl)c3O)c2=O)=N[C@H]1c1cccc([N+](=O)[O-])c1. The lowest BCUT2D eigenvalue weighted by Crippen LogP contribution is -2.35. The monoisotopic (exact) mass is 533 g/mol. The molecule has 9 nitrogen and oxygen atoms in total. The van der Waals surface area contributed by atoms with Gasteiger partial charge in [0.15, 0.2) is 4.80 Å². The lowest BCUT2D eigenvalue weighted by atomic mass is 9.96. The van der Waals surface area contributed by atoms with Crippen LogP contribution >= 0.6 is 34.5 Å². The maximum Gasteiger partial charge on any atom is 0.338 e. The maximum atomic E-state index is 13.3. The van der Waals surface area contributed by atoms with Gasteiger partial charge in [0.05, 0.1) is 26.7 Å². The number of aromatic hydroxyl groups is 1. The molecule has 0 unspecified atom stereocenters. The number of esters is 1. The average molecular weight is 534 g/mol. The third kappa shape index (κ3) is 4.60. The second-order valence-electron chi connectivity index (χ2n) is 7.46. The van der Waals surface area contributed by atoms with Crippen LogP contribution in [0.15, 0.2) is 51.8 Å². The Balaban J connectivity index is 1.98. The fourth-order valence-electron chi connectivity index (χ4n) is 3.70. The van der Waals surface area contributed by atoms with Gasteiger partial charge in [0.25, 0.3) is 11.2 Å². The van der Waals surface area contributed by atoms with Gasteiger partial charge in [-0.3, -0.25) is 19.5 Å². The first-order valence-electron chi connectivity index (χ1n) is 10.2. The van der Waals surface area contributed by atoms with Crippen LogP contribution in [0.25, 0.3) is 11.8 Å². The first kappa shape index (κ1) is 24.6. The first-order valence-corrected chi connectivity index (χ1v) is 11.8. The van der Waals surface area contributed by atoms with Crippen molar-refractivity contribution >= 4 is 58.0 Å². The van der Waals surface area contributed by atoms with E-state index in [1.165, 1.54) is 41.0 Å². The van der Waals surface area contributed by atoms with Crippen LogP contribution < -0.4 is 14.9 Å². The van der Waals surface area contributed by atoms with E-state index < -0.39 is 22.5 Å². The van der Waals surface area contributed by atoms with Gasteiger partial charge in [-0.15, -0.1) is 0 Å². The fraction of sp³-hybridized carbons (Fsp3) is 0.174. The van der Waals surface area contributed by atoms with E-state index in [4.69, 9.17) is 27.9 Å². The summed E-state index contributed by atoms with van der Waals surface area (Å²) >= 11 is 13.1. The molecular formula is C23H17Cl2N3O6S. The molecule has 3 aromatic rings. The summed E-state index contributed by atoms with van der Waals surface area (Å²) in [4.78, 5) is 41.8. The number of hydrogen-bond donors (Lipinski definition) is 1. The molecule has 180 valence electrons. The molecule has 0 spiro atoms. The lowest BCUT2D eigenvalue weighted by Gasteiger charge is -2.22. The number of phenols is 1.